The second-order valence-corrected chi connectivity index (χ2v) is 4.46. The van der Waals surface area contributed by atoms with Crippen LogP contribution in [0.3, 0.4) is 0 Å². The molecule has 3 aromatic carbocycles. The molecule has 0 atom stereocenters. The molecule has 0 aliphatic heterocycles. The van der Waals surface area contributed by atoms with Crippen LogP contribution in [0.5, 0.6) is 0 Å². The van der Waals surface area contributed by atoms with Gasteiger partial charge in [-0.25, -0.2) is 0 Å². The fourth-order valence-electron chi connectivity index (χ4n) is 2.02. The molecular formula is C17H14N2. The van der Waals surface area contributed by atoms with E-state index < -0.39 is 0 Å². The first-order valence-corrected chi connectivity index (χ1v) is 6.20. The normalized spacial score (nSPS) is 11.2. The van der Waals surface area contributed by atoms with Crippen molar-refractivity contribution < 1.29 is 0 Å². The average molecular weight is 246 g/mol. The van der Waals surface area contributed by atoms with E-state index >= 15 is 0 Å². The number of hydrogen-bond acceptors (Lipinski definition) is 2. The average Bonchev–Trinajstić information content (AvgIpc) is 2.46. The summed E-state index contributed by atoms with van der Waals surface area (Å²) in [6, 6.07) is 22.1. The van der Waals surface area contributed by atoms with E-state index in [1.807, 2.05) is 66.9 Å². The smallest absolute Gasteiger partial charge is 0.0636 e. The highest BCUT2D eigenvalue weighted by atomic mass is 14.7. The number of nitrogens with two attached hydrogens (primary N) is 1. The van der Waals surface area contributed by atoms with Gasteiger partial charge in [-0.2, -0.15) is 0 Å². The highest BCUT2D eigenvalue weighted by Crippen LogP contribution is 2.23. The van der Waals surface area contributed by atoms with Gasteiger partial charge in [0.05, 0.1) is 5.69 Å². The third-order valence-corrected chi connectivity index (χ3v) is 3.01. The first-order chi connectivity index (χ1) is 9.31. The summed E-state index contributed by atoms with van der Waals surface area (Å²) < 4.78 is 0. The fraction of sp³-hybridized carbons (Fsp3) is 0. The van der Waals surface area contributed by atoms with Crippen LogP contribution in [-0.4, -0.2) is 6.21 Å². The largest absolute Gasteiger partial charge is 0.399 e. The molecule has 0 spiro atoms. The molecule has 2 N–H and O–H groups in total. The molecule has 0 aliphatic carbocycles. The third kappa shape index (κ3) is 2.63. The van der Waals surface area contributed by atoms with Crippen LogP contribution in [0.4, 0.5) is 11.4 Å². The number of nitrogen functional groups attached to an aromatic ring is 1. The van der Waals surface area contributed by atoms with Crippen LogP contribution >= 0.6 is 0 Å². The summed E-state index contributed by atoms with van der Waals surface area (Å²) in [5.74, 6) is 0. The van der Waals surface area contributed by atoms with E-state index in [1.165, 1.54) is 0 Å². The van der Waals surface area contributed by atoms with Crippen molar-refractivity contribution in [3.8, 4) is 0 Å². The highest BCUT2D eigenvalue weighted by molar-refractivity contribution is 5.89. The number of fused-ring (bicyclic) bond motifs is 1. The molecule has 0 amide bonds. The van der Waals surface area contributed by atoms with E-state index in [2.05, 4.69) is 11.1 Å². The summed E-state index contributed by atoms with van der Waals surface area (Å²) in [6.45, 7) is 0. The Kier molecular flexibility index (Phi) is 2.99. The van der Waals surface area contributed by atoms with Crippen LogP contribution in [0, 0.1) is 0 Å². The van der Waals surface area contributed by atoms with Crippen molar-refractivity contribution in [2.75, 3.05) is 5.73 Å². The predicted octanol–water partition coefficient (Wildman–Crippen LogP) is 4.17. The Morgan fingerprint density at radius 3 is 2.37 bits per heavy atom. The van der Waals surface area contributed by atoms with E-state index in [0.29, 0.717) is 0 Å². The maximum Gasteiger partial charge on any atom is 0.0636 e. The predicted molar refractivity (Wildman–Crippen MR) is 82.1 cm³/mol. The first kappa shape index (κ1) is 11.5. The van der Waals surface area contributed by atoms with Gasteiger partial charge in [-0.15, -0.1) is 0 Å². The Labute approximate surface area is 112 Å². The van der Waals surface area contributed by atoms with Gasteiger partial charge < -0.3 is 5.73 Å². The zero-order valence-corrected chi connectivity index (χ0v) is 10.5. The number of hydrogen-bond donors (Lipinski definition) is 1. The van der Waals surface area contributed by atoms with Crippen molar-refractivity contribution in [2.45, 2.75) is 0 Å². The molecule has 2 nitrogen and oxygen atoms in total. The second kappa shape index (κ2) is 4.94. The zero-order chi connectivity index (χ0) is 13.1. The van der Waals surface area contributed by atoms with Gasteiger partial charge in [-0.05, 0) is 40.6 Å². The third-order valence-electron chi connectivity index (χ3n) is 3.01. The summed E-state index contributed by atoms with van der Waals surface area (Å²) in [5.41, 5.74) is 8.59. The molecule has 0 fully saturated rings. The van der Waals surface area contributed by atoms with E-state index in [4.69, 9.17) is 5.73 Å². The van der Waals surface area contributed by atoms with Crippen LogP contribution < -0.4 is 5.73 Å². The molecule has 92 valence electrons. The summed E-state index contributed by atoms with van der Waals surface area (Å²) in [6.07, 6.45) is 1.87. The number of rotatable bonds is 2. The molecule has 0 bridgehead atoms. The Morgan fingerprint density at radius 1 is 0.789 bits per heavy atom. The topological polar surface area (TPSA) is 38.4 Å². The Bertz CT molecular complexity index is 731. The standard InChI is InChI=1S/C17H14N2/c18-16-8-6-15-11-17(9-7-14(15)10-16)19-12-13-4-2-1-3-5-13/h1-12H,18H2. The van der Waals surface area contributed by atoms with Gasteiger partial charge in [0, 0.05) is 11.9 Å². The van der Waals surface area contributed by atoms with E-state index in [-0.39, 0.29) is 0 Å². The van der Waals surface area contributed by atoms with Crippen molar-refractivity contribution in [1.82, 2.24) is 0 Å². The van der Waals surface area contributed by atoms with E-state index in [1.54, 1.807) is 0 Å². The van der Waals surface area contributed by atoms with Crippen molar-refractivity contribution >= 4 is 28.4 Å². The summed E-state index contributed by atoms with van der Waals surface area (Å²) >= 11 is 0. The lowest BCUT2D eigenvalue weighted by Crippen LogP contribution is -1.83. The van der Waals surface area contributed by atoms with Crippen LogP contribution in [-0.2, 0) is 0 Å². The molecular weight excluding hydrogens is 232 g/mol. The van der Waals surface area contributed by atoms with Gasteiger partial charge in [0.2, 0.25) is 0 Å². The van der Waals surface area contributed by atoms with Crippen molar-refractivity contribution in [1.29, 1.82) is 0 Å². The molecule has 2 heteroatoms. The number of nitrogens with zero attached hydrogens (tertiary/aromatic N) is 1. The molecule has 0 saturated carbocycles. The van der Waals surface area contributed by atoms with Crippen LogP contribution in [0.25, 0.3) is 10.8 Å². The van der Waals surface area contributed by atoms with Gasteiger partial charge >= 0.3 is 0 Å². The Balaban J connectivity index is 1.94. The Morgan fingerprint density at radius 2 is 1.53 bits per heavy atom. The lowest BCUT2D eigenvalue weighted by molar-refractivity contribution is 1.55. The molecule has 0 aromatic heterocycles. The van der Waals surface area contributed by atoms with Gasteiger partial charge in [0.25, 0.3) is 0 Å². The van der Waals surface area contributed by atoms with Crippen LogP contribution in [0.1, 0.15) is 5.56 Å². The lowest BCUT2D eigenvalue weighted by Gasteiger charge is -2.01. The van der Waals surface area contributed by atoms with E-state index in [0.717, 1.165) is 27.7 Å². The summed E-state index contributed by atoms with van der Waals surface area (Å²) in [5, 5.41) is 2.29. The zero-order valence-electron chi connectivity index (χ0n) is 10.5. The quantitative estimate of drug-likeness (QED) is 0.535. The first-order valence-electron chi connectivity index (χ1n) is 6.20. The Hall–Kier alpha value is -2.61. The molecule has 0 aliphatic rings. The maximum atomic E-state index is 5.77. The van der Waals surface area contributed by atoms with Gasteiger partial charge in [-0.1, -0.05) is 42.5 Å². The molecule has 0 radical (unpaired) electrons. The highest BCUT2D eigenvalue weighted by Gasteiger charge is 1.96. The summed E-state index contributed by atoms with van der Waals surface area (Å²) in [7, 11) is 0. The van der Waals surface area contributed by atoms with Crippen LogP contribution in [0.2, 0.25) is 0 Å². The summed E-state index contributed by atoms with van der Waals surface area (Å²) in [4.78, 5) is 4.49. The molecule has 0 saturated heterocycles. The monoisotopic (exact) mass is 246 g/mol. The van der Waals surface area contributed by atoms with Crippen molar-refractivity contribution in [2.24, 2.45) is 4.99 Å². The molecule has 0 unspecified atom stereocenters. The lowest BCUT2D eigenvalue weighted by atomic mass is 10.1. The van der Waals surface area contributed by atoms with E-state index in [9.17, 15) is 0 Å². The maximum absolute atomic E-state index is 5.77. The van der Waals surface area contributed by atoms with Crippen molar-refractivity contribution in [3.05, 3.63) is 72.3 Å². The van der Waals surface area contributed by atoms with Gasteiger partial charge in [0.1, 0.15) is 0 Å². The minimum absolute atomic E-state index is 0.785. The number of benzene rings is 3. The fourth-order valence-corrected chi connectivity index (χ4v) is 2.02. The van der Waals surface area contributed by atoms with Crippen molar-refractivity contribution in [3.63, 3.8) is 0 Å². The number of aliphatic imine (C=N–C) groups is 1. The van der Waals surface area contributed by atoms with Gasteiger partial charge in [-0.3, -0.25) is 4.99 Å². The molecule has 3 rings (SSSR count). The molecule has 19 heavy (non-hydrogen) atoms. The minimum Gasteiger partial charge on any atom is -0.399 e. The van der Waals surface area contributed by atoms with Gasteiger partial charge in [0.15, 0.2) is 0 Å². The van der Waals surface area contributed by atoms with Crippen LogP contribution in [0.15, 0.2) is 71.7 Å². The molecule has 3 aromatic rings. The SMILES string of the molecule is Nc1ccc2cc(N=Cc3ccccc3)ccc2c1. The second-order valence-electron chi connectivity index (χ2n) is 4.46. The minimum atomic E-state index is 0.785. The molecule has 0 heterocycles. The number of anilines is 1.